The summed E-state index contributed by atoms with van der Waals surface area (Å²) in [7, 11) is 0. The van der Waals surface area contributed by atoms with Crippen molar-refractivity contribution in [2.24, 2.45) is 0 Å². The number of aromatic amines is 1. The monoisotopic (exact) mass is 446 g/mol. The first kappa shape index (κ1) is 21.4. The fourth-order valence-electron chi connectivity index (χ4n) is 4.76. The zero-order valence-corrected chi connectivity index (χ0v) is 17.8. The molecule has 5 heterocycles. The number of aryl methyl sites for hydroxylation is 1. The van der Waals surface area contributed by atoms with E-state index >= 15 is 0 Å². The first-order chi connectivity index (χ1) is 15.4. The molecule has 3 aromatic heterocycles. The lowest BCUT2D eigenvalue weighted by Crippen LogP contribution is -2.36. The molecule has 2 aliphatic rings. The van der Waals surface area contributed by atoms with Crippen molar-refractivity contribution >= 4 is 11.0 Å². The summed E-state index contributed by atoms with van der Waals surface area (Å²) in [5.41, 5.74) is 3.85. The number of hydrogen-bond acceptors (Lipinski definition) is 5. The summed E-state index contributed by atoms with van der Waals surface area (Å²) in [6, 6.07) is 3.42. The number of H-pyrrole nitrogens is 1. The first-order valence-electron chi connectivity index (χ1n) is 10.9. The van der Waals surface area contributed by atoms with Crippen LogP contribution in [-0.4, -0.2) is 47.9 Å². The molecule has 0 spiro atoms. The van der Waals surface area contributed by atoms with E-state index in [9.17, 15) is 13.2 Å². The van der Waals surface area contributed by atoms with Gasteiger partial charge in [0.2, 0.25) is 0 Å². The van der Waals surface area contributed by atoms with Gasteiger partial charge in [0.05, 0.1) is 36.2 Å². The molecule has 32 heavy (non-hydrogen) atoms. The molecule has 170 valence electrons. The molecule has 0 amide bonds. The molecule has 2 saturated heterocycles. The zero-order chi connectivity index (χ0) is 22.3. The number of aromatic nitrogens is 3. The molecule has 0 radical (unpaired) electrons. The number of nitrogens with one attached hydrogen (secondary N) is 2. The van der Waals surface area contributed by atoms with Crippen molar-refractivity contribution in [1.82, 2.24) is 20.3 Å². The summed E-state index contributed by atoms with van der Waals surface area (Å²) in [5.74, 6) is 0.339. The molecule has 6 nitrogen and oxygen atoms in total. The highest BCUT2D eigenvalue weighted by atomic mass is 19.4. The van der Waals surface area contributed by atoms with Gasteiger partial charge >= 0.3 is 6.18 Å². The van der Waals surface area contributed by atoms with Crippen molar-refractivity contribution < 1.29 is 22.6 Å². The molecule has 5 rings (SSSR count). The summed E-state index contributed by atoms with van der Waals surface area (Å²) in [6.45, 7) is 5.37. The molecule has 9 heteroatoms. The minimum Gasteiger partial charge on any atom is -0.381 e. The second kappa shape index (κ2) is 8.46. The van der Waals surface area contributed by atoms with Gasteiger partial charge in [-0.1, -0.05) is 0 Å². The van der Waals surface area contributed by atoms with E-state index in [0.717, 1.165) is 36.8 Å². The SMILES string of the molecule is Cc1cc(-c2cnc3[nH]cc(C(F)(F)F)c3c2)nc(C2COCCN2)c1C1CCOCC1. The molecule has 0 aromatic carbocycles. The molecular weight excluding hydrogens is 421 g/mol. The maximum atomic E-state index is 13.4. The van der Waals surface area contributed by atoms with Crippen molar-refractivity contribution in [3.05, 3.63) is 46.9 Å². The number of morpholine rings is 1. The molecule has 0 aliphatic carbocycles. The van der Waals surface area contributed by atoms with Crippen molar-refractivity contribution in [1.29, 1.82) is 0 Å². The van der Waals surface area contributed by atoms with Gasteiger partial charge in [0.15, 0.2) is 0 Å². The van der Waals surface area contributed by atoms with Gasteiger partial charge in [-0.15, -0.1) is 0 Å². The third-order valence-electron chi connectivity index (χ3n) is 6.31. The molecule has 2 N–H and O–H groups in total. The van der Waals surface area contributed by atoms with E-state index in [1.54, 1.807) is 6.20 Å². The minimum absolute atomic E-state index is 0.0450. The third kappa shape index (κ3) is 4.00. The van der Waals surface area contributed by atoms with E-state index in [1.807, 2.05) is 13.0 Å². The second-order valence-corrected chi connectivity index (χ2v) is 8.41. The van der Waals surface area contributed by atoms with E-state index in [1.165, 1.54) is 11.6 Å². The van der Waals surface area contributed by atoms with Crippen LogP contribution < -0.4 is 5.32 Å². The molecule has 1 unspecified atom stereocenters. The summed E-state index contributed by atoms with van der Waals surface area (Å²) in [5, 5.41) is 3.53. The van der Waals surface area contributed by atoms with E-state index in [2.05, 4.69) is 15.3 Å². The van der Waals surface area contributed by atoms with E-state index < -0.39 is 11.7 Å². The lowest BCUT2D eigenvalue weighted by Gasteiger charge is -2.31. The minimum atomic E-state index is -4.46. The highest BCUT2D eigenvalue weighted by Crippen LogP contribution is 2.38. The van der Waals surface area contributed by atoms with E-state index in [-0.39, 0.29) is 17.1 Å². The van der Waals surface area contributed by atoms with Crippen LogP contribution in [0.1, 0.15) is 47.2 Å². The number of rotatable bonds is 3. The fraction of sp³-hybridized carbons (Fsp3) is 0.478. The van der Waals surface area contributed by atoms with Crippen LogP contribution in [-0.2, 0) is 15.7 Å². The van der Waals surface area contributed by atoms with Gasteiger partial charge in [0, 0.05) is 43.1 Å². The molecule has 2 fully saturated rings. The maximum absolute atomic E-state index is 13.4. The smallest absolute Gasteiger partial charge is 0.381 e. The number of alkyl halides is 3. The van der Waals surface area contributed by atoms with Crippen molar-refractivity contribution in [3.63, 3.8) is 0 Å². The van der Waals surface area contributed by atoms with Gasteiger partial charge in [-0.25, -0.2) is 4.98 Å². The average molecular weight is 446 g/mol. The Morgan fingerprint density at radius 2 is 1.91 bits per heavy atom. The molecule has 1 atom stereocenters. The van der Waals surface area contributed by atoms with Gasteiger partial charge in [-0.2, -0.15) is 13.2 Å². The summed E-state index contributed by atoms with van der Waals surface area (Å²) < 4.78 is 51.5. The quantitative estimate of drug-likeness (QED) is 0.620. The summed E-state index contributed by atoms with van der Waals surface area (Å²) >= 11 is 0. The Labute approximate surface area is 183 Å². The van der Waals surface area contributed by atoms with Gasteiger partial charge in [0.1, 0.15) is 5.65 Å². The molecule has 2 aliphatic heterocycles. The largest absolute Gasteiger partial charge is 0.418 e. The van der Waals surface area contributed by atoms with Gasteiger partial charge < -0.3 is 19.8 Å². The molecule has 0 bridgehead atoms. The summed E-state index contributed by atoms with van der Waals surface area (Å²) in [6.07, 6.45) is -0.0711. The number of pyridine rings is 2. The van der Waals surface area contributed by atoms with Gasteiger partial charge in [-0.3, -0.25) is 4.98 Å². The van der Waals surface area contributed by atoms with Gasteiger partial charge in [-0.05, 0) is 48.9 Å². The topological polar surface area (TPSA) is 72.1 Å². The van der Waals surface area contributed by atoms with Crippen LogP contribution in [0.5, 0.6) is 0 Å². The van der Waals surface area contributed by atoms with Crippen LogP contribution in [0.2, 0.25) is 0 Å². The number of fused-ring (bicyclic) bond motifs is 1. The Balaban J connectivity index is 1.62. The highest BCUT2D eigenvalue weighted by Gasteiger charge is 2.34. The number of halogens is 3. The summed E-state index contributed by atoms with van der Waals surface area (Å²) in [4.78, 5) is 11.8. The maximum Gasteiger partial charge on any atom is 0.418 e. The lowest BCUT2D eigenvalue weighted by atomic mass is 9.85. The second-order valence-electron chi connectivity index (χ2n) is 8.41. The van der Waals surface area contributed by atoms with Gasteiger partial charge in [0.25, 0.3) is 0 Å². The molecule has 0 saturated carbocycles. The Morgan fingerprint density at radius 1 is 1.09 bits per heavy atom. The molecular formula is C23H25F3N4O2. The average Bonchev–Trinajstić information content (AvgIpc) is 3.23. The van der Waals surface area contributed by atoms with E-state index in [4.69, 9.17) is 14.5 Å². The Hall–Kier alpha value is -2.49. The van der Waals surface area contributed by atoms with Crippen molar-refractivity contribution in [2.45, 2.75) is 37.9 Å². The van der Waals surface area contributed by atoms with Crippen LogP contribution in [0.4, 0.5) is 13.2 Å². The van der Waals surface area contributed by atoms with Crippen LogP contribution >= 0.6 is 0 Å². The Bertz CT molecular complexity index is 1120. The normalized spacial score (nSPS) is 20.7. The third-order valence-corrected chi connectivity index (χ3v) is 6.31. The van der Waals surface area contributed by atoms with Crippen LogP contribution in [0.25, 0.3) is 22.3 Å². The number of nitrogens with zero attached hydrogens (tertiary/aromatic N) is 2. The molecule has 3 aromatic rings. The number of ether oxygens (including phenoxy) is 2. The predicted octanol–water partition coefficient (Wildman–Crippen LogP) is 4.51. The standard InChI is InChI=1S/C23H25F3N4O2/c1-13-8-18(15-9-16-17(23(24,25)26)11-29-22(16)28-10-15)30-21(19-12-32-7-4-27-19)20(13)14-2-5-31-6-3-14/h8-11,14,19,27H,2-7,12H2,1H3,(H,28,29). The fourth-order valence-corrected chi connectivity index (χ4v) is 4.76. The van der Waals surface area contributed by atoms with E-state index in [0.29, 0.717) is 43.6 Å². The number of hydrogen-bond donors (Lipinski definition) is 2. The zero-order valence-electron chi connectivity index (χ0n) is 17.8. The Morgan fingerprint density at radius 3 is 2.62 bits per heavy atom. The van der Waals surface area contributed by atoms with Crippen LogP contribution in [0.15, 0.2) is 24.5 Å². The first-order valence-corrected chi connectivity index (χ1v) is 10.9. The van der Waals surface area contributed by atoms with Crippen molar-refractivity contribution in [2.75, 3.05) is 33.0 Å². The predicted molar refractivity (Wildman–Crippen MR) is 113 cm³/mol. The van der Waals surface area contributed by atoms with Crippen molar-refractivity contribution in [3.8, 4) is 11.3 Å². The Kier molecular flexibility index (Phi) is 5.65. The lowest BCUT2D eigenvalue weighted by molar-refractivity contribution is -0.136. The van der Waals surface area contributed by atoms with Crippen LogP contribution in [0.3, 0.4) is 0 Å². The van der Waals surface area contributed by atoms with Crippen LogP contribution in [0, 0.1) is 6.92 Å². The highest BCUT2D eigenvalue weighted by molar-refractivity contribution is 5.84.